The molecule has 102 valence electrons. The van der Waals surface area contributed by atoms with Gasteiger partial charge in [-0.3, -0.25) is 4.90 Å². The average Bonchev–Trinajstić information content (AvgIpc) is 2.54. The van der Waals surface area contributed by atoms with Gasteiger partial charge in [0.1, 0.15) is 0 Å². The van der Waals surface area contributed by atoms with Crippen molar-refractivity contribution in [2.75, 3.05) is 52.9 Å². The fourth-order valence-corrected chi connectivity index (χ4v) is 2.32. The monoisotopic (exact) mass is 243 g/mol. The normalized spacial score (nSPS) is 20.5. The van der Waals surface area contributed by atoms with E-state index in [-0.39, 0.29) is 6.10 Å². The van der Waals surface area contributed by atoms with E-state index in [1.54, 1.807) is 0 Å². The van der Waals surface area contributed by atoms with Crippen LogP contribution in [0, 0.1) is 0 Å². The molecule has 1 aliphatic heterocycles. The van der Waals surface area contributed by atoms with Crippen LogP contribution in [0.5, 0.6) is 0 Å². The molecular weight excluding hydrogens is 214 g/mol. The summed E-state index contributed by atoms with van der Waals surface area (Å²) in [5, 5.41) is 13.4. The Bertz CT molecular complexity index is 182. The molecule has 0 saturated carbocycles. The zero-order valence-corrected chi connectivity index (χ0v) is 11.5. The van der Waals surface area contributed by atoms with Crippen LogP contribution in [0.15, 0.2) is 0 Å². The molecule has 17 heavy (non-hydrogen) atoms. The van der Waals surface area contributed by atoms with Crippen LogP contribution in [-0.4, -0.2) is 73.9 Å². The lowest BCUT2D eigenvalue weighted by molar-refractivity contribution is 0.0839. The minimum absolute atomic E-state index is 0.213. The molecule has 0 aromatic rings. The number of nitrogens with one attached hydrogen (secondary N) is 1. The average molecular weight is 243 g/mol. The summed E-state index contributed by atoms with van der Waals surface area (Å²) in [5.74, 6) is 0. The number of rotatable bonds is 7. The smallest absolute Gasteiger partial charge is 0.0793 e. The van der Waals surface area contributed by atoms with E-state index in [2.05, 4.69) is 29.1 Å². The van der Waals surface area contributed by atoms with E-state index in [1.165, 1.54) is 19.3 Å². The molecule has 1 saturated heterocycles. The minimum atomic E-state index is -0.213. The van der Waals surface area contributed by atoms with Crippen molar-refractivity contribution in [3.63, 3.8) is 0 Å². The number of aliphatic hydroxyl groups excluding tert-OH is 1. The lowest BCUT2D eigenvalue weighted by Gasteiger charge is -2.26. The number of nitrogens with zero attached hydrogens (tertiary/aromatic N) is 2. The maximum atomic E-state index is 10.1. The highest BCUT2D eigenvalue weighted by Gasteiger charge is 2.14. The summed E-state index contributed by atoms with van der Waals surface area (Å²) in [4.78, 5) is 4.61. The molecule has 4 nitrogen and oxygen atoms in total. The molecule has 0 aliphatic carbocycles. The van der Waals surface area contributed by atoms with Gasteiger partial charge in [-0.1, -0.05) is 13.3 Å². The van der Waals surface area contributed by atoms with Crippen LogP contribution < -0.4 is 5.32 Å². The highest BCUT2D eigenvalue weighted by molar-refractivity contribution is 4.71. The van der Waals surface area contributed by atoms with Gasteiger partial charge in [-0.05, 0) is 39.5 Å². The Balaban J connectivity index is 2.15. The van der Waals surface area contributed by atoms with E-state index in [0.717, 1.165) is 45.8 Å². The Morgan fingerprint density at radius 3 is 2.94 bits per heavy atom. The first-order valence-electron chi connectivity index (χ1n) is 7.02. The molecule has 0 bridgehead atoms. The second-order valence-corrected chi connectivity index (χ2v) is 5.17. The third-order valence-electron chi connectivity index (χ3n) is 3.32. The third kappa shape index (κ3) is 6.99. The van der Waals surface area contributed by atoms with E-state index < -0.39 is 0 Å². The van der Waals surface area contributed by atoms with Crippen molar-refractivity contribution in [1.82, 2.24) is 15.1 Å². The van der Waals surface area contributed by atoms with Gasteiger partial charge in [-0.15, -0.1) is 0 Å². The van der Waals surface area contributed by atoms with Crippen molar-refractivity contribution >= 4 is 0 Å². The van der Waals surface area contributed by atoms with E-state index in [9.17, 15) is 5.11 Å². The van der Waals surface area contributed by atoms with Gasteiger partial charge in [-0.25, -0.2) is 0 Å². The summed E-state index contributed by atoms with van der Waals surface area (Å²) in [6, 6.07) is 0. The van der Waals surface area contributed by atoms with Crippen molar-refractivity contribution in [3.05, 3.63) is 0 Å². The van der Waals surface area contributed by atoms with Gasteiger partial charge in [-0.2, -0.15) is 0 Å². The molecule has 1 aliphatic rings. The van der Waals surface area contributed by atoms with Crippen molar-refractivity contribution in [1.29, 1.82) is 0 Å². The van der Waals surface area contributed by atoms with Gasteiger partial charge in [0.05, 0.1) is 6.10 Å². The predicted octanol–water partition coefficient (Wildman–Crippen LogP) is 0.375. The van der Waals surface area contributed by atoms with Crippen molar-refractivity contribution < 1.29 is 5.11 Å². The van der Waals surface area contributed by atoms with Crippen LogP contribution in [0.2, 0.25) is 0 Å². The second kappa shape index (κ2) is 8.86. The van der Waals surface area contributed by atoms with Crippen LogP contribution in [0.3, 0.4) is 0 Å². The van der Waals surface area contributed by atoms with Gasteiger partial charge in [0, 0.05) is 26.2 Å². The molecule has 1 rings (SSSR count). The molecule has 1 atom stereocenters. The second-order valence-electron chi connectivity index (χ2n) is 5.17. The highest BCUT2D eigenvalue weighted by Crippen LogP contribution is 2.00. The molecule has 0 aromatic carbocycles. The molecule has 1 fully saturated rings. The molecule has 1 heterocycles. The van der Waals surface area contributed by atoms with Gasteiger partial charge in [0.25, 0.3) is 0 Å². The zero-order chi connectivity index (χ0) is 12.5. The Kier molecular flexibility index (Phi) is 7.77. The number of unbranched alkanes of at least 4 members (excludes halogenated alkanes) is 1. The predicted molar refractivity (Wildman–Crippen MR) is 72.3 cm³/mol. The summed E-state index contributed by atoms with van der Waals surface area (Å²) >= 11 is 0. The van der Waals surface area contributed by atoms with Crippen LogP contribution in [0.4, 0.5) is 0 Å². The first-order valence-corrected chi connectivity index (χ1v) is 7.02. The minimum Gasteiger partial charge on any atom is -0.390 e. The maximum absolute atomic E-state index is 10.1. The Morgan fingerprint density at radius 2 is 2.18 bits per heavy atom. The van der Waals surface area contributed by atoms with Gasteiger partial charge in [0.15, 0.2) is 0 Å². The maximum Gasteiger partial charge on any atom is 0.0793 e. The summed E-state index contributed by atoms with van der Waals surface area (Å²) in [6.45, 7) is 9.26. The first kappa shape index (κ1) is 14.9. The van der Waals surface area contributed by atoms with Crippen LogP contribution in [0.1, 0.15) is 26.2 Å². The van der Waals surface area contributed by atoms with Crippen molar-refractivity contribution in [2.24, 2.45) is 0 Å². The van der Waals surface area contributed by atoms with Crippen molar-refractivity contribution in [3.8, 4) is 0 Å². The molecule has 4 heteroatoms. The van der Waals surface area contributed by atoms with E-state index in [4.69, 9.17) is 0 Å². The van der Waals surface area contributed by atoms with Gasteiger partial charge < -0.3 is 15.3 Å². The highest BCUT2D eigenvalue weighted by atomic mass is 16.3. The topological polar surface area (TPSA) is 38.7 Å². The van der Waals surface area contributed by atoms with Crippen LogP contribution >= 0.6 is 0 Å². The van der Waals surface area contributed by atoms with Gasteiger partial charge in [0.2, 0.25) is 0 Å². The zero-order valence-electron chi connectivity index (χ0n) is 11.5. The number of β-amino-alcohol motifs (C(OH)–C–C–N with tert-alkyl or cyclic N) is 1. The van der Waals surface area contributed by atoms with E-state index >= 15 is 0 Å². The van der Waals surface area contributed by atoms with Crippen LogP contribution in [-0.2, 0) is 0 Å². The molecule has 1 unspecified atom stereocenters. The number of hydrogen-bond acceptors (Lipinski definition) is 4. The molecule has 2 N–H and O–H groups in total. The van der Waals surface area contributed by atoms with Crippen LogP contribution in [0.25, 0.3) is 0 Å². The molecule has 0 amide bonds. The number of aliphatic hydroxyl groups is 1. The fourth-order valence-electron chi connectivity index (χ4n) is 2.32. The molecule has 0 aromatic heterocycles. The quantitative estimate of drug-likeness (QED) is 0.678. The summed E-state index contributed by atoms with van der Waals surface area (Å²) in [5.41, 5.74) is 0. The molecule has 0 radical (unpaired) electrons. The summed E-state index contributed by atoms with van der Waals surface area (Å²) < 4.78 is 0. The Hall–Kier alpha value is -0.160. The Morgan fingerprint density at radius 1 is 1.35 bits per heavy atom. The fraction of sp³-hybridized carbons (Fsp3) is 1.00. The lowest BCUT2D eigenvalue weighted by atomic mass is 10.2. The summed E-state index contributed by atoms with van der Waals surface area (Å²) in [7, 11) is 2.10. The summed E-state index contributed by atoms with van der Waals surface area (Å²) in [6.07, 6.45) is 3.42. The van der Waals surface area contributed by atoms with E-state index in [0.29, 0.717) is 0 Å². The largest absolute Gasteiger partial charge is 0.390 e. The molecule has 0 spiro atoms. The standard InChI is InChI=1S/C13H29N3O/c1-3-4-8-15(2)11-13(17)12-16-9-5-6-14-7-10-16/h13-14,17H,3-12H2,1-2H3. The van der Waals surface area contributed by atoms with Gasteiger partial charge >= 0.3 is 0 Å². The third-order valence-corrected chi connectivity index (χ3v) is 3.32. The van der Waals surface area contributed by atoms with Crippen molar-refractivity contribution in [2.45, 2.75) is 32.3 Å². The SMILES string of the molecule is CCCCN(C)CC(O)CN1CCCNCC1. The number of hydrogen-bond donors (Lipinski definition) is 2. The first-order chi connectivity index (χ1) is 8.22. The Labute approximate surface area is 106 Å². The molecular formula is C13H29N3O. The number of likely N-dealkylation sites (N-methyl/N-ethyl adjacent to an activating group) is 1. The lowest BCUT2D eigenvalue weighted by Crippen LogP contribution is -2.40. The van der Waals surface area contributed by atoms with E-state index in [1.807, 2.05) is 0 Å².